The van der Waals surface area contributed by atoms with Gasteiger partial charge in [-0.05, 0) is 25.1 Å². The minimum absolute atomic E-state index is 0.00910. The Labute approximate surface area is 169 Å². The number of alkyl halides is 3. The summed E-state index contributed by atoms with van der Waals surface area (Å²) < 4.78 is 93.4. The first-order chi connectivity index (χ1) is 14.0. The van der Waals surface area contributed by atoms with Crippen LogP contribution >= 0.6 is 11.6 Å². The molecule has 1 aromatic heterocycles. The van der Waals surface area contributed by atoms with Crippen LogP contribution in [0.25, 0.3) is 5.69 Å². The largest absolute Gasteiger partial charge is 0.416 e. The molecule has 0 saturated heterocycles. The van der Waals surface area contributed by atoms with Gasteiger partial charge in [-0.3, -0.25) is 5.43 Å². The monoisotopic (exact) mass is 450 g/mol. The van der Waals surface area contributed by atoms with Gasteiger partial charge >= 0.3 is 6.18 Å². The van der Waals surface area contributed by atoms with E-state index in [2.05, 4.69) is 10.2 Å². The van der Waals surface area contributed by atoms with Crippen LogP contribution in [0.4, 0.5) is 36.4 Å². The average molecular weight is 451 g/mol. The highest BCUT2D eigenvalue weighted by Crippen LogP contribution is 2.31. The van der Waals surface area contributed by atoms with Crippen molar-refractivity contribution in [2.45, 2.75) is 13.1 Å². The Kier molecular flexibility index (Phi) is 5.75. The fourth-order valence-corrected chi connectivity index (χ4v) is 2.80. The lowest BCUT2D eigenvalue weighted by Gasteiger charge is -2.09. The molecule has 12 heteroatoms. The van der Waals surface area contributed by atoms with E-state index in [1.807, 2.05) is 5.43 Å². The van der Waals surface area contributed by atoms with E-state index < -0.39 is 40.7 Å². The molecule has 0 amide bonds. The summed E-state index contributed by atoms with van der Waals surface area (Å²) in [6.07, 6.45) is -3.62. The summed E-state index contributed by atoms with van der Waals surface area (Å²) in [5.74, 6) is -6.63. The molecule has 3 rings (SSSR count). The molecule has 0 fully saturated rings. The van der Waals surface area contributed by atoms with Gasteiger partial charge in [0.15, 0.2) is 23.3 Å². The molecule has 0 unspecified atom stereocenters. The number of rotatable bonds is 4. The number of aromatic nitrogens is 2. The van der Waals surface area contributed by atoms with Gasteiger partial charge in [-0.25, -0.2) is 22.2 Å². The van der Waals surface area contributed by atoms with Crippen molar-refractivity contribution in [1.29, 1.82) is 0 Å². The lowest BCUT2D eigenvalue weighted by molar-refractivity contribution is -0.137. The Balaban J connectivity index is 1.93. The van der Waals surface area contributed by atoms with Gasteiger partial charge in [0.05, 0.1) is 28.7 Å². The fraction of sp³-hybridized carbons (Fsp3) is 0.111. The first kappa shape index (κ1) is 21.6. The molecule has 1 N–H and O–H groups in total. The maximum Gasteiger partial charge on any atom is 0.416 e. The highest BCUT2D eigenvalue weighted by Gasteiger charge is 2.31. The van der Waals surface area contributed by atoms with Crippen LogP contribution in [0.1, 0.15) is 16.8 Å². The van der Waals surface area contributed by atoms with Crippen LogP contribution in [0.5, 0.6) is 0 Å². The zero-order valence-electron chi connectivity index (χ0n) is 14.8. The van der Waals surface area contributed by atoms with Crippen molar-refractivity contribution in [3.05, 3.63) is 75.6 Å². The van der Waals surface area contributed by atoms with E-state index in [1.54, 1.807) is 0 Å². The molecule has 0 radical (unpaired) electrons. The maximum absolute atomic E-state index is 13.6. The summed E-state index contributed by atoms with van der Waals surface area (Å²) in [5.41, 5.74) is 0.0809. The number of benzene rings is 2. The summed E-state index contributed by atoms with van der Waals surface area (Å²) in [7, 11) is 0. The molecule has 0 aliphatic rings. The van der Waals surface area contributed by atoms with Crippen LogP contribution in [-0.2, 0) is 6.18 Å². The van der Waals surface area contributed by atoms with Crippen LogP contribution in [0.15, 0.2) is 35.4 Å². The number of nitrogens with zero attached hydrogens (tertiary/aromatic N) is 3. The molecular weight excluding hydrogens is 441 g/mol. The predicted octanol–water partition coefficient (Wildman–Crippen LogP) is 5.86. The molecule has 4 nitrogen and oxygen atoms in total. The Morgan fingerprint density at radius 1 is 1.07 bits per heavy atom. The molecule has 0 spiro atoms. The number of hydrogen-bond acceptors (Lipinski definition) is 3. The first-order valence-electron chi connectivity index (χ1n) is 8.05. The molecule has 0 aliphatic heterocycles. The lowest BCUT2D eigenvalue weighted by atomic mass is 10.2. The van der Waals surface area contributed by atoms with E-state index in [0.29, 0.717) is 0 Å². The second-order valence-electron chi connectivity index (χ2n) is 5.96. The minimum atomic E-state index is -4.58. The summed E-state index contributed by atoms with van der Waals surface area (Å²) in [4.78, 5) is 0. The van der Waals surface area contributed by atoms with E-state index >= 15 is 0 Å². The van der Waals surface area contributed by atoms with Crippen molar-refractivity contribution in [3.8, 4) is 5.69 Å². The van der Waals surface area contributed by atoms with Gasteiger partial charge in [-0.2, -0.15) is 23.4 Å². The standard InChI is InChI=1S/C18H10ClF7N4/c1-8-11(7-27-28-16-14(22)12(20)6-13(21)15(16)23)17(19)30(29-8)10-4-2-3-9(5-10)18(24,25)26/h2-7,28H,1H3. The van der Waals surface area contributed by atoms with Gasteiger partial charge in [0.1, 0.15) is 10.8 Å². The molecule has 3 aromatic rings. The molecular formula is C18H10ClF7N4. The zero-order chi connectivity index (χ0) is 22.2. The predicted molar refractivity (Wildman–Crippen MR) is 95.8 cm³/mol. The van der Waals surface area contributed by atoms with Crippen molar-refractivity contribution in [2.24, 2.45) is 5.10 Å². The SMILES string of the molecule is Cc1nn(-c2cccc(C(F)(F)F)c2)c(Cl)c1C=NNc1c(F)c(F)cc(F)c1F. The molecule has 0 bridgehead atoms. The Morgan fingerprint density at radius 2 is 1.70 bits per heavy atom. The second-order valence-corrected chi connectivity index (χ2v) is 6.32. The number of nitrogens with one attached hydrogen (secondary N) is 1. The van der Waals surface area contributed by atoms with Gasteiger partial charge in [0, 0.05) is 6.07 Å². The van der Waals surface area contributed by atoms with Crippen LogP contribution in [-0.4, -0.2) is 16.0 Å². The minimum Gasteiger partial charge on any atom is -0.272 e. The lowest BCUT2D eigenvalue weighted by Crippen LogP contribution is -2.06. The topological polar surface area (TPSA) is 42.2 Å². The number of hydrogen-bond donors (Lipinski definition) is 1. The van der Waals surface area contributed by atoms with Crippen molar-refractivity contribution in [1.82, 2.24) is 9.78 Å². The molecule has 1 heterocycles. The number of aryl methyl sites for hydroxylation is 1. The van der Waals surface area contributed by atoms with Crippen molar-refractivity contribution in [2.75, 3.05) is 5.43 Å². The molecule has 2 aromatic carbocycles. The van der Waals surface area contributed by atoms with E-state index in [0.717, 1.165) is 23.0 Å². The Hall–Kier alpha value is -3.08. The average Bonchev–Trinajstić information content (AvgIpc) is 2.96. The summed E-state index contributed by atoms with van der Waals surface area (Å²) in [6, 6.07) is 4.26. The van der Waals surface area contributed by atoms with Crippen molar-refractivity contribution >= 4 is 23.5 Å². The summed E-state index contributed by atoms with van der Waals surface area (Å²) in [6.45, 7) is 1.46. The second kappa shape index (κ2) is 7.98. The van der Waals surface area contributed by atoms with Gasteiger partial charge in [0.25, 0.3) is 0 Å². The zero-order valence-corrected chi connectivity index (χ0v) is 15.6. The molecule has 158 valence electrons. The Bertz CT molecular complexity index is 1110. The van der Waals surface area contributed by atoms with Crippen molar-refractivity contribution in [3.63, 3.8) is 0 Å². The molecule has 0 saturated carbocycles. The van der Waals surface area contributed by atoms with Crippen LogP contribution in [0, 0.1) is 30.2 Å². The van der Waals surface area contributed by atoms with E-state index in [-0.39, 0.29) is 28.2 Å². The van der Waals surface area contributed by atoms with Gasteiger partial charge in [-0.15, -0.1) is 0 Å². The summed E-state index contributed by atoms with van der Waals surface area (Å²) >= 11 is 6.16. The van der Waals surface area contributed by atoms with Gasteiger partial charge < -0.3 is 0 Å². The highest BCUT2D eigenvalue weighted by atomic mass is 35.5. The smallest absolute Gasteiger partial charge is 0.272 e. The number of halogens is 8. The normalized spacial score (nSPS) is 12.0. The third-order valence-electron chi connectivity index (χ3n) is 3.95. The first-order valence-corrected chi connectivity index (χ1v) is 8.43. The van der Waals surface area contributed by atoms with Crippen molar-refractivity contribution < 1.29 is 30.7 Å². The van der Waals surface area contributed by atoms with Crippen LogP contribution in [0.3, 0.4) is 0 Å². The quantitative estimate of drug-likeness (QED) is 0.234. The highest BCUT2D eigenvalue weighted by molar-refractivity contribution is 6.32. The van der Waals surface area contributed by atoms with E-state index in [1.165, 1.54) is 19.1 Å². The van der Waals surface area contributed by atoms with E-state index in [4.69, 9.17) is 11.6 Å². The Morgan fingerprint density at radius 3 is 2.30 bits per heavy atom. The maximum atomic E-state index is 13.6. The van der Waals surface area contributed by atoms with Crippen LogP contribution < -0.4 is 5.43 Å². The molecule has 0 atom stereocenters. The van der Waals surface area contributed by atoms with Gasteiger partial charge in [-0.1, -0.05) is 17.7 Å². The number of anilines is 1. The molecule has 30 heavy (non-hydrogen) atoms. The van der Waals surface area contributed by atoms with E-state index in [9.17, 15) is 30.7 Å². The van der Waals surface area contributed by atoms with Gasteiger partial charge in [0.2, 0.25) is 0 Å². The third kappa shape index (κ3) is 4.11. The third-order valence-corrected chi connectivity index (χ3v) is 4.31. The fourth-order valence-electron chi connectivity index (χ4n) is 2.48. The summed E-state index contributed by atoms with van der Waals surface area (Å²) in [5, 5.41) is 7.37. The number of hydrazone groups is 1. The van der Waals surface area contributed by atoms with Crippen LogP contribution in [0.2, 0.25) is 5.15 Å². The molecule has 0 aliphatic carbocycles.